The minimum absolute atomic E-state index is 0.0801. The average molecular weight is 406 g/mol. The molecule has 0 aromatic heterocycles. The van der Waals surface area contributed by atoms with Crippen molar-refractivity contribution in [1.29, 1.82) is 0 Å². The van der Waals surface area contributed by atoms with Crippen LogP contribution < -0.4 is 10.6 Å². The Morgan fingerprint density at radius 3 is 2.48 bits per heavy atom. The summed E-state index contributed by atoms with van der Waals surface area (Å²) in [6.07, 6.45) is 6.93. The molecule has 0 spiro atoms. The number of nitrogens with one attached hydrogen (secondary N) is 2. The number of amides is 2. The molecule has 1 aromatic rings. The first-order valence-corrected chi connectivity index (χ1v) is 10.7. The molecule has 3 atom stereocenters. The summed E-state index contributed by atoms with van der Waals surface area (Å²) in [5, 5.41) is 15.6. The number of hydrogen-bond acceptors (Lipinski definition) is 4. The van der Waals surface area contributed by atoms with Gasteiger partial charge in [0.05, 0.1) is 18.8 Å². The third-order valence-electron chi connectivity index (χ3n) is 5.96. The number of halogens is 1. The van der Waals surface area contributed by atoms with Gasteiger partial charge in [-0.25, -0.2) is 4.39 Å². The summed E-state index contributed by atoms with van der Waals surface area (Å²) >= 11 is 0. The third kappa shape index (κ3) is 6.24. The highest BCUT2D eigenvalue weighted by molar-refractivity contribution is 5.94. The molecule has 1 aromatic carbocycles. The van der Waals surface area contributed by atoms with Crippen LogP contribution in [0.5, 0.6) is 0 Å². The van der Waals surface area contributed by atoms with E-state index in [4.69, 9.17) is 4.74 Å². The number of ether oxygens (including phenoxy) is 1. The Bertz CT molecular complexity index is 676. The zero-order chi connectivity index (χ0) is 20.6. The molecule has 6 nitrogen and oxygen atoms in total. The maximum absolute atomic E-state index is 12.9. The lowest BCUT2D eigenvalue weighted by atomic mass is 9.88. The lowest BCUT2D eigenvalue weighted by molar-refractivity contribution is -0.132. The van der Waals surface area contributed by atoms with Crippen LogP contribution in [0, 0.1) is 11.7 Å². The predicted octanol–water partition coefficient (Wildman–Crippen LogP) is 2.55. The van der Waals surface area contributed by atoms with Crippen LogP contribution >= 0.6 is 0 Å². The van der Waals surface area contributed by atoms with Crippen molar-refractivity contribution in [2.75, 3.05) is 13.2 Å². The maximum Gasteiger partial charge on any atom is 0.251 e. The Labute approximate surface area is 171 Å². The minimum Gasteiger partial charge on any atom is -0.394 e. The van der Waals surface area contributed by atoms with Crippen molar-refractivity contribution in [3.8, 4) is 0 Å². The molecular formula is C22H31FN2O4. The lowest BCUT2D eigenvalue weighted by Crippen LogP contribution is -2.52. The monoisotopic (exact) mass is 406 g/mol. The predicted molar refractivity (Wildman–Crippen MR) is 107 cm³/mol. The number of rotatable bonds is 7. The zero-order valence-corrected chi connectivity index (χ0v) is 16.7. The van der Waals surface area contributed by atoms with E-state index in [0.29, 0.717) is 18.5 Å². The third-order valence-corrected chi connectivity index (χ3v) is 5.96. The van der Waals surface area contributed by atoms with Crippen LogP contribution in [-0.4, -0.2) is 48.3 Å². The second kappa shape index (κ2) is 10.7. The quantitative estimate of drug-likeness (QED) is 0.649. The van der Waals surface area contributed by atoms with E-state index in [1.165, 1.54) is 30.7 Å². The summed E-state index contributed by atoms with van der Waals surface area (Å²) in [4.78, 5) is 24.6. The Hall–Kier alpha value is -1.99. The van der Waals surface area contributed by atoms with Gasteiger partial charge in [0.2, 0.25) is 5.91 Å². The molecule has 0 bridgehead atoms. The van der Waals surface area contributed by atoms with Gasteiger partial charge in [-0.05, 0) is 56.4 Å². The molecule has 2 fully saturated rings. The van der Waals surface area contributed by atoms with E-state index < -0.39 is 6.10 Å². The van der Waals surface area contributed by atoms with Crippen LogP contribution in [0.2, 0.25) is 0 Å². The normalized spacial score (nSPS) is 25.4. The molecule has 3 rings (SSSR count). The van der Waals surface area contributed by atoms with E-state index >= 15 is 0 Å². The van der Waals surface area contributed by atoms with Crippen molar-refractivity contribution in [3.63, 3.8) is 0 Å². The van der Waals surface area contributed by atoms with Gasteiger partial charge in [-0.1, -0.05) is 19.3 Å². The van der Waals surface area contributed by atoms with Gasteiger partial charge in [0.15, 0.2) is 0 Å². The van der Waals surface area contributed by atoms with Gasteiger partial charge in [-0.3, -0.25) is 9.59 Å². The smallest absolute Gasteiger partial charge is 0.251 e. The van der Waals surface area contributed by atoms with Crippen LogP contribution in [0.3, 0.4) is 0 Å². The molecule has 2 amide bonds. The first-order chi connectivity index (χ1) is 14.1. The summed E-state index contributed by atoms with van der Waals surface area (Å²) < 4.78 is 18.9. The van der Waals surface area contributed by atoms with Crippen molar-refractivity contribution in [2.24, 2.45) is 5.92 Å². The summed E-state index contributed by atoms with van der Waals surface area (Å²) in [6.45, 7) is 0.284. The van der Waals surface area contributed by atoms with Crippen LogP contribution in [0.25, 0.3) is 0 Å². The number of carbonyl (C=O) groups excluding carboxylic acids is 2. The van der Waals surface area contributed by atoms with Gasteiger partial charge < -0.3 is 20.5 Å². The number of benzene rings is 1. The Morgan fingerprint density at radius 1 is 1.07 bits per heavy atom. The molecular weight excluding hydrogens is 375 g/mol. The van der Waals surface area contributed by atoms with E-state index in [9.17, 15) is 19.1 Å². The summed E-state index contributed by atoms with van der Waals surface area (Å²) in [5.41, 5.74) is 0.412. The Balaban J connectivity index is 1.41. The fraction of sp³-hybridized carbons (Fsp3) is 0.636. The number of aliphatic hydroxyl groups is 1. The largest absolute Gasteiger partial charge is 0.394 e. The Morgan fingerprint density at radius 2 is 1.79 bits per heavy atom. The second-order valence-electron chi connectivity index (χ2n) is 8.06. The summed E-state index contributed by atoms with van der Waals surface area (Å²) in [5.74, 6) is -0.460. The van der Waals surface area contributed by atoms with Crippen molar-refractivity contribution in [2.45, 2.75) is 69.6 Å². The second-order valence-corrected chi connectivity index (χ2v) is 8.06. The molecule has 29 heavy (non-hydrogen) atoms. The maximum atomic E-state index is 12.9. The highest BCUT2D eigenvalue weighted by atomic mass is 19.1. The zero-order valence-electron chi connectivity index (χ0n) is 16.7. The van der Waals surface area contributed by atoms with Crippen LogP contribution in [0.1, 0.15) is 61.7 Å². The number of aliphatic hydroxyl groups excluding tert-OH is 1. The van der Waals surface area contributed by atoms with Crippen molar-refractivity contribution >= 4 is 11.8 Å². The topological polar surface area (TPSA) is 87.7 Å². The van der Waals surface area contributed by atoms with Gasteiger partial charge in [0, 0.05) is 18.0 Å². The first-order valence-electron chi connectivity index (χ1n) is 10.7. The van der Waals surface area contributed by atoms with Crippen LogP contribution in [-0.2, 0) is 9.53 Å². The fourth-order valence-corrected chi connectivity index (χ4v) is 4.22. The van der Waals surface area contributed by atoms with Crippen LogP contribution in [0.4, 0.5) is 4.39 Å². The molecule has 2 aliphatic rings. The standard InChI is InChI=1S/C22H31FN2O4/c23-17-8-6-16(7-9-17)21(27)24-13-12-18-10-11-19(20(14-26)29-18)25-22(28)15-4-2-1-3-5-15/h6-9,15,18-20,26H,1-5,10-14H2,(H,24,27)(H,25,28)/t18-,19-,20-/m0/s1. The van der Waals surface area contributed by atoms with E-state index in [2.05, 4.69) is 10.6 Å². The van der Waals surface area contributed by atoms with Crippen LogP contribution in [0.15, 0.2) is 24.3 Å². The van der Waals surface area contributed by atoms with Crippen molar-refractivity contribution in [1.82, 2.24) is 10.6 Å². The van der Waals surface area contributed by atoms with Gasteiger partial charge >= 0.3 is 0 Å². The van der Waals surface area contributed by atoms with E-state index in [-0.39, 0.29) is 42.3 Å². The van der Waals surface area contributed by atoms with Gasteiger partial charge in [-0.2, -0.15) is 0 Å². The molecule has 7 heteroatoms. The minimum atomic E-state index is -0.422. The molecule has 1 saturated heterocycles. The SMILES string of the molecule is O=C(NCC[C@@H]1CC[C@H](NC(=O)C2CCCCC2)[C@H](CO)O1)c1ccc(F)cc1. The summed E-state index contributed by atoms with van der Waals surface area (Å²) in [6, 6.07) is 5.24. The lowest BCUT2D eigenvalue weighted by Gasteiger charge is -2.37. The molecule has 0 radical (unpaired) electrons. The van der Waals surface area contributed by atoms with Crippen molar-refractivity contribution < 1.29 is 23.8 Å². The van der Waals surface area contributed by atoms with Gasteiger partial charge in [0.1, 0.15) is 11.9 Å². The van der Waals surface area contributed by atoms with E-state index in [0.717, 1.165) is 38.5 Å². The van der Waals surface area contributed by atoms with E-state index in [1.807, 2.05) is 0 Å². The number of carbonyl (C=O) groups is 2. The van der Waals surface area contributed by atoms with E-state index in [1.54, 1.807) is 0 Å². The molecule has 1 heterocycles. The Kier molecular flexibility index (Phi) is 8.00. The molecule has 0 unspecified atom stereocenters. The van der Waals surface area contributed by atoms with Gasteiger partial charge in [0.25, 0.3) is 5.91 Å². The molecule has 3 N–H and O–H groups in total. The summed E-state index contributed by atoms with van der Waals surface area (Å²) in [7, 11) is 0. The first kappa shape index (κ1) is 21.7. The molecule has 1 aliphatic carbocycles. The number of hydrogen-bond donors (Lipinski definition) is 3. The van der Waals surface area contributed by atoms with Crippen molar-refractivity contribution in [3.05, 3.63) is 35.6 Å². The molecule has 1 saturated carbocycles. The fourth-order valence-electron chi connectivity index (χ4n) is 4.22. The highest BCUT2D eigenvalue weighted by Crippen LogP contribution is 2.26. The highest BCUT2D eigenvalue weighted by Gasteiger charge is 2.33. The van der Waals surface area contributed by atoms with Gasteiger partial charge in [-0.15, -0.1) is 0 Å². The average Bonchev–Trinajstić information content (AvgIpc) is 2.75. The molecule has 160 valence electrons. The molecule has 1 aliphatic heterocycles.